The molecule has 2 aliphatic carbocycles. The van der Waals surface area contributed by atoms with Gasteiger partial charge in [-0.25, -0.2) is 0 Å². The van der Waals surface area contributed by atoms with E-state index in [0.29, 0.717) is 30.2 Å². The fourth-order valence-electron chi connectivity index (χ4n) is 6.43. The van der Waals surface area contributed by atoms with E-state index in [0.717, 1.165) is 6.54 Å². The molecule has 2 heterocycles. The summed E-state index contributed by atoms with van der Waals surface area (Å²) in [5, 5.41) is 1.55. The zero-order valence-electron chi connectivity index (χ0n) is 18.6. The van der Waals surface area contributed by atoms with Crippen LogP contribution in [0.2, 0.25) is 0 Å². The molecule has 1 unspecified atom stereocenters. The summed E-state index contributed by atoms with van der Waals surface area (Å²) in [5.41, 5.74) is 4.59. The van der Waals surface area contributed by atoms with Gasteiger partial charge in [-0.3, -0.25) is 4.90 Å². The van der Waals surface area contributed by atoms with Gasteiger partial charge in [0.05, 0.1) is 12.2 Å². The van der Waals surface area contributed by atoms with Gasteiger partial charge in [-0.2, -0.15) is 0 Å². The average Bonchev–Trinajstić information content (AvgIpc) is 3.10. The van der Waals surface area contributed by atoms with Crippen molar-refractivity contribution in [3.05, 3.63) is 35.5 Å². The Morgan fingerprint density at radius 2 is 1.93 bits per heavy atom. The van der Waals surface area contributed by atoms with Crippen molar-refractivity contribution in [1.29, 1.82) is 0 Å². The number of piperidine rings is 1. The predicted octanol–water partition coefficient (Wildman–Crippen LogP) is 6.06. The van der Waals surface area contributed by atoms with E-state index in [-0.39, 0.29) is 0 Å². The Balaban J connectivity index is 1.48. The molecule has 1 saturated heterocycles. The highest BCUT2D eigenvalue weighted by Gasteiger charge is 2.41. The number of ether oxygens (including phenoxy) is 1. The highest BCUT2D eigenvalue weighted by Crippen LogP contribution is 2.45. The molecule has 1 aliphatic heterocycles. The Hall–Kier alpha value is -1.32. The highest BCUT2D eigenvalue weighted by molar-refractivity contribution is 5.89. The van der Waals surface area contributed by atoms with E-state index < -0.39 is 0 Å². The Bertz CT molecular complexity index is 848. The fraction of sp³-hybridized carbons (Fsp3) is 0.692. The maximum absolute atomic E-state index is 6.74. The Morgan fingerprint density at radius 3 is 2.69 bits per heavy atom. The molecule has 3 atom stereocenters. The molecular formula is C26H38N2O. The molecular weight excluding hydrogens is 356 g/mol. The molecule has 0 spiro atoms. The van der Waals surface area contributed by atoms with Gasteiger partial charge in [-0.1, -0.05) is 38.3 Å². The first kappa shape index (κ1) is 19.6. The normalized spacial score (nSPS) is 28.2. The van der Waals surface area contributed by atoms with Crippen molar-refractivity contribution in [3.8, 4) is 0 Å². The van der Waals surface area contributed by atoms with E-state index in [9.17, 15) is 0 Å². The van der Waals surface area contributed by atoms with Crippen LogP contribution in [0.3, 0.4) is 0 Å². The van der Waals surface area contributed by atoms with Gasteiger partial charge >= 0.3 is 0 Å². The van der Waals surface area contributed by atoms with Crippen LogP contribution in [0.25, 0.3) is 10.9 Å². The number of nitrogens with zero attached hydrogens (tertiary/aromatic N) is 2. The third-order valence-electron chi connectivity index (χ3n) is 7.69. The number of aromatic nitrogens is 1. The Morgan fingerprint density at radius 1 is 1.10 bits per heavy atom. The van der Waals surface area contributed by atoms with Crippen molar-refractivity contribution in [2.45, 2.75) is 102 Å². The zero-order chi connectivity index (χ0) is 20.0. The van der Waals surface area contributed by atoms with Gasteiger partial charge in [-0.05, 0) is 69.7 Å². The van der Waals surface area contributed by atoms with Gasteiger partial charge in [0, 0.05) is 41.6 Å². The highest BCUT2D eigenvalue weighted by atomic mass is 16.5. The minimum Gasteiger partial charge on any atom is -0.374 e. The summed E-state index contributed by atoms with van der Waals surface area (Å²) >= 11 is 0. The summed E-state index contributed by atoms with van der Waals surface area (Å²) in [4.78, 5) is 2.77. The largest absolute Gasteiger partial charge is 0.374 e. The second-order valence-electron chi connectivity index (χ2n) is 10.0. The molecule has 29 heavy (non-hydrogen) atoms. The van der Waals surface area contributed by atoms with Crippen molar-refractivity contribution in [1.82, 2.24) is 9.47 Å². The van der Waals surface area contributed by atoms with Crippen LogP contribution in [0.5, 0.6) is 0 Å². The van der Waals surface area contributed by atoms with E-state index in [4.69, 9.17) is 4.74 Å². The molecule has 2 fully saturated rings. The topological polar surface area (TPSA) is 17.4 Å². The maximum Gasteiger partial charge on any atom is 0.0712 e. The molecule has 3 heteroatoms. The van der Waals surface area contributed by atoms with Gasteiger partial charge in [0.25, 0.3) is 0 Å². The van der Waals surface area contributed by atoms with Crippen LogP contribution in [0.4, 0.5) is 0 Å². The van der Waals surface area contributed by atoms with Gasteiger partial charge in [0.2, 0.25) is 0 Å². The summed E-state index contributed by atoms with van der Waals surface area (Å²) in [7, 11) is 0. The molecule has 0 N–H and O–H groups in total. The van der Waals surface area contributed by atoms with E-state index in [2.05, 4.69) is 54.6 Å². The van der Waals surface area contributed by atoms with Gasteiger partial charge in [-0.15, -0.1) is 0 Å². The monoisotopic (exact) mass is 394 g/mol. The predicted molar refractivity (Wildman–Crippen MR) is 121 cm³/mol. The first-order chi connectivity index (χ1) is 14.2. The molecule has 1 aromatic carbocycles. The van der Waals surface area contributed by atoms with Crippen LogP contribution >= 0.6 is 0 Å². The van der Waals surface area contributed by atoms with Gasteiger partial charge in [0.1, 0.15) is 0 Å². The molecule has 2 aromatic rings. The number of hydrogen-bond donors (Lipinski definition) is 0. The molecule has 3 nitrogen and oxygen atoms in total. The van der Waals surface area contributed by atoms with E-state index in [1.807, 2.05) is 0 Å². The lowest BCUT2D eigenvalue weighted by atomic mass is 9.74. The van der Waals surface area contributed by atoms with Crippen LogP contribution in [0, 0.1) is 0 Å². The lowest BCUT2D eigenvalue weighted by Gasteiger charge is -2.47. The summed E-state index contributed by atoms with van der Waals surface area (Å²) in [6.07, 6.45) is 13.6. The zero-order valence-corrected chi connectivity index (χ0v) is 18.6. The SMILES string of the molecule is CCCN1CC(OC2CCCCC2)C[C@@H]2c3cccc4c3c(cn4C(C)C)C[C@H]21. The number of fused-ring (bicyclic) bond motifs is 2. The average molecular weight is 395 g/mol. The molecule has 3 aliphatic rings. The quantitative estimate of drug-likeness (QED) is 0.613. The first-order valence-corrected chi connectivity index (χ1v) is 12.2. The molecule has 0 amide bonds. The molecule has 0 bridgehead atoms. The summed E-state index contributed by atoms with van der Waals surface area (Å²) in [5.74, 6) is 0.614. The second-order valence-corrected chi connectivity index (χ2v) is 10.0. The van der Waals surface area contributed by atoms with Gasteiger partial charge < -0.3 is 9.30 Å². The fourth-order valence-corrected chi connectivity index (χ4v) is 6.43. The van der Waals surface area contributed by atoms with Crippen LogP contribution in [0.15, 0.2) is 24.4 Å². The smallest absolute Gasteiger partial charge is 0.0712 e. The third-order valence-corrected chi connectivity index (χ3v) is 7.69. The minimum absolute atomic E-state index is 0.398. The number of rotatable bonds is 5. The molecule has 1 saturated carbocycles. The summed E-state index contributed by atoms with van der Waals surface area (Å²) < 4.78 is 9.23. The molecule has 158 valence electrons. The molecule has 0 radical (unpaired) electrons. The van der Waals surface area contributed by atoms with Crippen molar-refractivity contribution in [3.63, 3.8) is 0 Å². The van der Waals surface area contributed by atoms with E-state index in [1.165, 1.54) is 63.4 Å². The number of benzene rings is 1. The summed E-state index contributed by atoms with van der Waals surface area (Å²) in [6.45, 7) is 9.25. The second kappa shape index (κ2) is 8.07. The van der Waals surface area contributed by atoms with Crippen molar-refractivity contribution < 1.29 is 4.74 Å². The Kier molecular flexibility index (Phi) is 5.47. The molecule has 5 rings (SSSR count). The first-order valence-electron chi connectivity index (χ1n) is 12.2. The Labute approximate surface area is 176 Å². The van der Waals surface area contributed by atoms with Crippen LogP contribution in [0.1, 0.15) is 88.8 Å². The van der Waals surface area contributed by atoms with E-state index >= 15 is 0 Å². The van der Waals surface area contributed by atoms with Crippen molar-refractivity contribution in [2.75, 3.05) is 13.1 Å². The van der Waals surface area contributed by atoms with Crippen molar-refractivity contribution in [2.24, 2.45) is 0 Å². The third kappa shape index (κ3) is 3.55. The van der Waals surface area contributed by atoms with Crippen LogP contribution < -0.4 is 0 Å². The summed E-state index contributed by atoms with van der Waals surface area (Å²) in [6, 6.07) is 8.18. The van der Waals surface area contributed by atoms with Crippen LogP contribution in [-0.2, 0) is 11.2 Å². The standard InChI is InChI=1S/C26H38N2O/c1-4-13-27-17-21(29-20-9-6-5-7-10-20)15-23-22-11-8-12-24-26(22)19(14-25(23)27)16-28(24)18(2)3/h8,11-12,16,18,20-21,23,25H,4-7,9-10,13-15,17H2,1-3H3/t21?,23-,25-/m1/s1. The lowest BCUT2D eigenvalue weighted by Crippen LogP contribution is -2.53. The van der Waals surface area contributed by atoms with Crippen LogP contribution in [-0.4, -0.2) is 40.8 Å². The lowest BCUT2D eigenvalue weighted by molar-refractivity contribution is -0.0783. The van der Waals surface area contributed by atoms with Gasteiger partial charge in [0.15, 0.2) is 0 Å². The maximum atomic E-state index is 6.74. The van der Waals surface area contributed by atoms with E-state index in [1.54, 1.807) is 16.5 Å². The van der Waals surface area contributed by atoms with Crippen molar-refractivity contribution >= 4 is 10.9 Å². The number of hydrogen-bond acceptors (Lipinski definition) is 2. The number of likely N-dealkylation sites (tertiary alicyclic amines) is 1. The minimum atomic E-state index is 0.398. The molecule has 1 aromatic heterocycles.